The highest BCUT2D eigenvalue weighted by Gasteiger charge is 2.27. The first-order chi connectivity index (χ1) is 12.3. The smallest absolute Gasteiger partial charge is 0.240 e. The lowest BCUT2D eigenvalue weighted by molar-refractivity contribution is -0.133. The number of nitrogens with one attached hydrogen (secondary N) is 1. The quantitative estimate of drug-likeness (QED) is 0.777. The van der Waals surface area contributed by atoms with E-state index in [1.165, 1.54) is 26.4 Å². The van der Waals surface area contributed by atoms with E-state index in [9.17, 15) is 13.2 Å². The first-order valence-corrected chi connectivity index (χ1v) is 10.3. The molecule has 0 spiro atoms. The zero-order valence-electron chi connectivity index (χ0n) is 15.8. The van der Waals surface area contributed by atoms with E-state index in [2.05, 4.69) is 4.72 Å². The van der Waals surface area contributed by atoms with E-state index in [0.717, 1.165) is 0 Å². The van der Waals surface area contributed by atoms with E-state index in [1.807, 2.05) is 18.7 Å². The van der Waals surface area contributed by atoms with Gasteiger partial charge in [-0.2, -0.15) is 0 Å². The summed E-state index contributed by atoms with van der Waals surface area (Å²) in [5, 5.41) is 0. The minimum Gasteiger partial charge on any atom is -0.493 e. The first-order valence-electron chi connectivity index (χ1n) is 8.79. The largest absolute Gasteiger partial charge is 0.493 e. The van der Waals surface area contributed by atoms with E-state index in [-0.39, 0.29) is 16.8 Å². The Hall–Kier alpha value is -1.80. The minimum absolute atomic E-state index is 0.133. The molecule has 1 N–H and O–H groups in total. The van der Waals surface area contributed by atoms with Crippen molar-refractivity contribution in [2.45, 2.75) is 44.0 Å². The van der Waals surface area contributed by atoms with Gasteiger partial charge in [-0.25, -0.2) is 13.1 Å². The normalized spacial score (nSPS) is 16.0. The van der Waals surface area contributed by atoms with E-state index in [4.69, 9.17) is 9.47 Å². The second kappa shape index (κ2) is 8.73. The van der Waals surface area contributed by atoms with Gasteiger partial charge in [-0.1, -0.05) is 13.8 Å². The Balaban J connectivity index is 1.99. The SMILES string of the molecule is COc1ccc(S(=O)(=O)NC2CCN(C(=O)CC(C)C)CC2)cc1OC. The average molecular weight is 384 g/mol. The fraction of sp³-hybridized carbons (Fsp3) is 0.611. The van der Waals surface area contributed by atoms with Gasteiger partial charge in [0, 0.05) is 31.6 Å². The van der Waals surface area contributed by atoms with Crippen molar-refractivity contribution < 1.29 is 22.7 Å². The van der Waals surface area contributed by atoms with Crippen LogP contribution in [0.15, 0.2) is 23.1 Å². The van der Waals surface area contributed by atoms with Crippen molar-refractivity contribution in [3.63, 3.8) is 0 Å². The summed E-state index contributed by atoms with van der Waals surface area (Å²) in [5.74, 6) is 1.30. The molecule has 1 saturated heterocycles. The van der Waals surface area contributed by atoms with Crippen LogP contribution in [-0.2, 0) is 14.8 Å². The highest BCUT2D eigenvalue weighted by molar-refractivity contribution is 7.89. The summed E-state index contributed by atoms with van der Waals surface area (Å²) in [7, 11) is -0.701. The Bertz CT molecular complexity index is 725. The van der Waals surface area contributed by atoms with Crippen molar-refractivity contribution in [2.75, 3.05) is 27.3 Å². The van der Waals surface area contributed by atoms with Crippen LogP contribution in [0.25, 0.3) is 0 Å². The van der Waals surface area contributed by atoms with Crippen molar-refractivity contribution in [3.8, 4) is 11.5 Å². The molecule has 0 aromatic heterocycles. The standard InChI is InChI=1S/C18H28N2O5S/c1-13(2)11-18(21)20-9-7-14(8-10-20)19-26(22,23)15-5-6-16(24-3)17(12-15)25-4/h5-6,12-14,19H,7-11H2,1-4H3. The average Bonchev–Trinajstić information content (AvgIpc) is 2.60. The maximum atomic E-state index is 12.6. The van der Waals surface area contributed by atoms with Gasteiger partial charge in [0.15, 0.2) is 11.5 Å². The maximum absolute atomic E-state index is 12.6. The molecule has 1 amide bonds. The molecule has 0 unspecified atom stereocenters. The molecule has 0 saturated carbocycles. The number of rotatable bonds is 7. The Morgan fingerprint density at radius 2 is 1.81 bits per heavy atom. The number of methoxy groups -OCH3 is 2. The van der Waals surface area contributed by atoms with Crippen molar-refractivity contribution in [3.05, 3.63) is 18.2 Å². The third-order valence-electron chi connectivity index (χ3n) is 4.42. The van der Waals surface area contributed by atoms with Gasteiger partial charge in [0.25, 0.3) is 0 Å². The van der Waals surface area contributed by atoms with Crippen LogP contribution in [-0.4, -0.2) is 52.6 Å². The monoisotopic (exact) mass is 384 g/mol. The zero-order chi connectivity index (χ0) is 19.3. The van der Waals surface area contributed by atoms with Crippen molar-refractivity contribution in [1.82, 2.24) is 9.62 Å². The summed E-state index contributed by atoms with van der Waals surface area (Å²) in [6, 6.07) is 4.32. The molecule has 1 aromatic rings. The molecule has 146 valence electrons. The molecule has 1 heterocycles. The van der Waals surface area contributed by atoms with Gasteiger partial charge in [0.2, 0.25) is 15.9 Å². The summed E-state index contributed by atoms with van der Waals surface area (Å²) in [6.45, 7) is 5.18. The number of sulfonamides is 1. The van der Waals surface area contributed by atoms with E-state index in [0.29, 0.717) is 49.8 Å². The third-order valence-corrected chi connectivity index (χ3v) is 5.94. The third kappa shape index (κ3) is 5.11. The molecule has 7 nitrogen and oxygen atoms in total. The Kier molecular flexibility index (Phi) is 6.88. The molecule has 26 heavy (non-hydrogen) atoms. The van der Waals surface area contributed by atoms with E-state index in [1.54, 1.807) is 6.07 Å². The van der Waals surface area contributed by atoms with Gasteiger partial charge < -0.3 is 14.4 Å². The minimum atomic E-state index is -3.66. The summed E-state index contributed by atoms with van der Waals surface area (Å²) in [6.07, 6.45) is 1.74. The number of hydrogen-bond acceptors (Lipinski definition) is 5. The van der Waals surface area contributed by atoms with Crippen LogP contribution in [0.4, 0.5) is 0 Å². The molecule has 0 atom stereocenters. The van der Waals surface area contributed by atoms with E-state index >= 15 is 0 Å². The van der Waals surface area contributed by atoms with Gasteiger partial charge in [0.05, 0.1) is 19.1 Å². The number of piperidine rings is 1. The van der Waals surface area contributed by atoms with Crippen LogP contribution in [0.1, 0.15) is 33.1 Å². The molecule has 1 aliphatic rings. The number of amides is 1. The van der Waals surface area contributed by atoms with Crippen LogP contribution < -0.4 is 14.2 Å². The lowest BCUT2D eigenvalue weighted by Gasteiger charge is -2.32. The number of carbonyl (C=O) groups is 1. The second-order valence-electron chi connectivity index (χ2n) is 6.89. The van der Waals surface area contributed by atoms with Gasteiger partial charge in [0.1, 0.15) is 0 Å². The van der Waals surface area contributed by atoms with Gasteiger partial charge >= 0.3 is 0 Å². The zero-order valence-corrected chi connectivity index (χ0v) is 16.6. The number of likely N-dealkylation sites (tertiary alicyclic amines) is 1. The maximum Gasteiger partial charge on any atom is 0.240 e. The van der Waals surface area contributed by atoms with Crippen molar-refractivity contribution in [1.29, 1.82) is 0 Å². The van der Waals surface area contributed by atoms with E-state index < -0.39 is 10.0 Å². The van der Waals surface area contributed by atoms with Crippen molar-refractivity contribution >= 4 is 15.9 Å². The molecule has 0 aliphatic carbocycles. The number of carbonyl (C=O) groups excluding carboxylic acids is 1. The molecular formula is C18H28N2O5S. The number of hydrogen-bond donors (Lipinski definition) is 1. The molecule has 1 fully saturated rings. The summed E-state index contributed by atoms with van der Waals surface area (Å²) in [4.78, 5) is 14.1. The van der Waals surface area contributed by atoms with Crippen molar-refractivity contribution in [2.24, 2.45) is 5.92 Å². The molecule has 1 aliphatic heterocycles. The molecule has 2 rings (SSSR count). The van der Waals surface area contributed by atoms with Gasteiger partial charge in [-0.3, -0.25) is 4.79 Å². The number of benzene rings is 1. The first kappa shape index (κ1) is 20.5. The van der Waals surface area contributed by atoms with Crippen LogP contribution >= 0.6 is 0 Å². The highest BCUT2D eigenvalue weighted by atomic mass is 32.2. The molecule has 1 aromatic carbocycles. The summed E-state index contributed by atoms with van der Waals surface area (Å²) >= 11 is 0. The van der Waals surface area contributed by atoms with Crippen LogP contribution in [0.2, 0.25) is 0 Å². The molecular weight excluding hydrogens is 356 g/mol. The Morgan fingerprint density at radius 1 is 1.19 bits per heavy atom. The second-order valence-corrected chi connectivity index (χ2v) is 8.61. The fourth-order valence-electron chi connectivity index (χ4n) is 3.00. The fourth-order valence-corrected chi connectivity index (χ4v) is 4.32. The van der Waals surface area contributed by atoms with Crippen LogP contribution in [0.3, 0.4) is 0 Å². The predicted molar refractivity (Wildman–Crippen MR) is 98.9 cm³/mol. The predicted octanol–water partition coefficient (Wildman–Crippen LogP) is 2.02. The molecule has 8 heteroatoms. The van der Waals surface area contributed by atoms with Crippen LogP contribution in [0, 0.1) is 5.92 Å². The molecule has 0 bridgehead atoms. The molecule has 0 radical (unpaired) electrons. The lowest BCUT2D eigenvalue weighted by Crippen LogP contribution is -2.46. The topological polar surface area (TPSA) is 84.9 Å². The number of nitrogens with zero attached hydrogens (tertiary/aromatic N) is 1. The Labute approximate surface area is 155 Å². The number of ether oxygens (including phenoxy) is 2. The van der Waals surface area contributed by atoms with Crippen LogP contribution in [0.5, 0.6) is 11.5 Å². The lowest BCUT2D eigenvalue weighted by atomic mass is 10.0. The van der Waals surface area contributed by atoms with Gasteiger partial charge in [-0.15, -0.1) is 0 Å². The Morgan fingerprint density at radius 3 is 2.35 bits per heavy atom. The highest BCUT2D eigenvalue weighted by Crippen LogP contribution is 2.29. The summed E-state index contributed by atoms with van der Waals surface area (Å²) in [5.41, 5.74) is 0. The summed E-state index contributed by atoms with van der Waals surface area (Å²) < 4.78 is 38.3. The van der Waals surface area contributed by atoms with Gasteiger partial charge in [-0.05, 0) is 30.9 Å².